The quantitative estimate of drug-likeness (QED) is 0.473. The van der Waals surface area contributed by atoms with Gasteiger partial charge in [0.05, 0.1) is 5.92 Å². The van der Waals surface area contributed by atoms with Gasteiger partial charge in [0, 0.05) is 19.0 Å². The van der Waals surface area contributed by atoms with Crippen LogP contribution in [-0.4, -0.2) is 13.2 Å². The van der Waals surface area contributed by atoms with Crippen LogP contribution >= 0.6 is 0 Å². The van der Waals surface area contributed by atoms with E-state index >= 15 is 0 Å². The molecule has 0 aromatic carbocycles. The maximum Gasteiger partial charge on any atom is 0.391 e. The molecule has 0 amide bonds. The summed E-state index contributed by atoms with van der Waals surface area (Å²) in [5.41, 5.74) is 0. The van der Waals surface area contributed by atoms with Crippen molar-refractivity contribution >= 4 is 0 Å². The Morgan fingerprint density at radius 1 is 1.14 bits per heavy atom. The first-order valence-corrected chi connectivity index (χ1v) is 4.78. The predicted molar refractivity (Wildman–Crippen MR) is 48.3 cm³/mol. The van der Waals surface area contributed by atoms with E-state index in [0.717, 1.165) is 0 Å². The van der Waals surface area contributed by atoms with Crippen LogP contribution in [0.1, 0.15) is 25.7 Å². The molecular formula is C10H14F3N. The molecule has 1 saturated carbocycles. The molecule has 0 saturated heterocycles. The number of rotatable bonds is 0. The second-order valence-corrected chi connectivity index (χ2v) is 3.61. The van der Waals surface area contributed by atoms with E-state index in [1.165, 1.54) is 0 Å². The first-order chi connectivity index (χ1) is 6.54. The van der Waals surface area contributed by atoms with Crippen molar-refractivity contribution in [3.8, 4) is 12.0 Å². The summed E-state index contributed by atoms with van der Waals surface area (Å²) in [5.74, 6) is 1.95. The lowest BCUT2D eigenvalue weighted by atomic mass is 9.82. The highest BCUT2D eigenvalue weighted by molar-refractivity contribution is 5.03. The predicted octanol–water partition coefficient (Wildman–Crippen LogP) is 2.54. The first-order valence-electron chi connectivity index (χ1n) is 4.78. The zero-order valence-electron chi connectivity index (χ0n) is 8.12. The van der Waals surface area contributed by atoms with Crippen LogP contribution in [0.5, 0.6) is 0 Å². The van der Waals surface area contributed by atoms with E-state index in [2.05, 4.69) is 17.3 Å². The van der Waals surface area contributed by atoms with Crippen LogP contribution in [0.3, 0.4) is 0 Å². The largest absolute Gasteiger partial charge is 0.391 e. The van der Waals surface area contributed by atoms with Crippen molar-refractivity contribution in [2.75, 3.05) is 7.05 Å². The molecule has 1 aliphatic carbocycles. The normalized spacial score (nSPS) is 27.7. The first kappa shape index (κ1) is 11.2. The Morgan fingerprint density at radius 3 is 2.14 bits per heavy atom. The Hall–Kier alpha value is -0.850. The fourth-order valence-corrected chi connectivity index (χ4v) is 1.74. The summed E-state index contributed by atoms with van der Waals surface area (Å²) in [7, 11) is 1.70. The highest BCUT2D eigenvalue weighted by atomic mass is 19.4. The summed E-state index contributed by atoms with van der Waals surface area (Å²) in [4.78, 5) is 0. The molecule has 0 aliphatic heterocycles. The summed E-state index contributed by atoms with van der Waals surface area (Å²) >= 11 is 0. The molecule has 0 spiro atoms. The van der Waals surface area contributed by atoms with Crippen molar-refractivity contribution in [3.05, 3.63) is 0 Å². The Kier molecular flexibility index (Phi) is 3.68. The zero-order valence-corrected chi connectivity index (χ0v) is 8.12. The van der Waals surface area contributed by atoms with E-state index in [0.29, 0.717) is 12.8 Å². The van der Waals surface area contributed by atoms with Crippen LogP contribution in [0.2, 0.25) is 0 Å². The fraction of sp³-hybridized carbons (Fsp3) is 0.800. The molecule has 0 unspecified atom stereocenters. The molecule has 80 valence electrons. The van der Waals surface area contributed by atoms with Crippen molar-refractivity contribution in [1.82, 2.24) is 5.32 Å². The fourth-order valence-electron chi connectivity index (χ4n) is 1.74. The minimum atomic E-state index is -4.01. The van der Waals surface area contributed by atoms with Gasteiger partial charge in [0.2, 0.25) is 0 Å². The molecule has 0 atom stereocenters. The molecule has 1 nitrogen and oxygen atoms in total. The average Bonchev–Trinajstić information content (AvgIpc) is 2.14. The lowest BCUT2D eigenvalue weighted by Gasteiger charge is -2.27. The molecule has 0 aromatic heterocycles. The van der Waals surface area contributed by atoms with Gasteiger partial charge in [-0.15, -0.1) is 0 Å². The molecule has 14 heavy (non-hydrogen) atoms. The monoisotopic (exact) mass is 205 g/mol. The molecule has 0 bridgehead atoms. The smallest absolute Gasteiger partial charge is 0.349 e. The van der Waals surface area contributed by atoms with Gasteiger partial charge < -0.3 is 5.32 Å². The van der Waals surface area contributed by atoms with Crippen LogP contribution in [0.4, 0.5) is 13.2 Å². The Bertz CT molecular complexity index is 228. The van der Waals surface area contributed by atoms with Crippen LogP contribution in [-0.2, 0) is 0 Å². The third-order valence-corrected chi connectivity index (χ3v) is 2.59. The van der Waals surface area contributed by atoms with Crippen molar-refractivity contribution in [2.45, 2.75) is 31.9 Å². The number of hydrogen-bond donors (Lipinski definition) is 1. The molecular weight excluding hydrogens is 191 g/mol. The maximum absolute atomic E-state index is 12.3. The van der Waals surface area contributed by atoms with Gasteiger partial charge in [0.25, 0.3) is 0 Å². The third-order valence-electron chi connectivity index (χ3n) is 2.59. The lowest BCUT2D eigenvalue weighted by molar-refractivity contribution is -0.182. The van der Waals surface area contributed by atoms with Gasteiger partial charge in [0.15, 0.2) is 0 Å². The van der Waals surface area contributed by atoms with Gasteiger partial charge >= 0.3 is 6.18 Å². The summed E-state index contributed by atoms with van der Waals surface area (Å²) in [6, 6.07) is 2.69. The summed E-state index contributed by atoms with van der Waals surface area (Å²) in [5, 5.41) is 2.67. The van der Waals surface area contributed by atoms with Gasteiger partial charge in [0.1, 0.15) is 0 Å². The number of halogens is 3. The molecule has 0 heterocycles. The average molecular weight is 205 g/mol. The van der Waals surface area contributed by atoms with Crippen LogP contribution in [0, 0.1) is 23.8 Å². The summed E-state index contributed by atoms with van der Waals surface area (Å²) < 4.78 is 36.8. The van der Waals surface area contributed by atoms with E-state index in [9.17, 15) is 13.2 Å². The minimum absolute atomic E-state index is 0.140. The maximum atomic E-state index is 12.3. The van der Waals surface area contributed by atoms with E-state index in [1.54, 1.807) is 7.05 Å². The number of nitrogens with one attached hydrogen (secondary N) is 1. The standard InChI is InChI=1S/C10H14F3N/c1-14-7-6-8-2-4-9(5-3-8)10(11,12)13/h8-9,14H,2-5H2,1H3/t8-,9-. The molecule has 1 fully saturated rings. The van der Waals surface area contributed by atoms with Gasteiger partial charge in [-0.2, -0.15) is 13.2 Å². The van der Waals surface area contributed by atoms with E-state index in [4.69, 9.17) is 0 Å². The van der Waals surface area contributed by atoms with Crippen LogP contribution in [0.15, 0.2) is 0 Å². The Balaban J connectivity index is 2.39. The molecule has 1 rings (SSSR count). The second-order valence-electron chi connectivity index (χ2n) is 3.61. The lowest BCUT2D eigenvalue weighted by Crippen LogP contribution is -2.27. The third kappa shape index (κ3) is 3.13. The van der Waals surface area contributed by atoms with Gasteiger partial charge in [-0.25, -0.2) is 0 Å². The van der Waals surface area contributed by atoms with E-state index < -0.39 is 12.1 Å². The minimum Gasteiger partial charge on any atom is -0.349 e. The molecule has 1 aliphatic rings. The highest BCUT2D eigenvalue weighted by Crippen LogP contribution is 2.39. The SMILES string of the molecule is CNC#C[C@H]1CC[C@H](C(F)(F)F)CC1. The van der Waals surface area contributed by atoms with Gasteiger partial charge in [-0.05, 0) is 25.7 Å². The second kappa shape index (κ2) is 4.59. The van der Waals surface area contributed by atoms with Crippen molar-refractivity contribution in [2.24, 2.45) is 11.8 Å². The molecule has 1 N–H and O–H groups in total. The van der Waals surface area contributed by atoms with Crippen LogP contribution in [0.25, 0.3) is 0 Å². The van der Waals surface area contributed by atoms with Crippen molar-refractivity contribution in [1.29, 1.82) is 0 Å². The zero-order chi connectivity index (χ0) is 10.6. The highest BCUT2D eigenvalue weighted by Gasteiger charge is 2.41. The number of alkyl halides is 3. The Morgan fingerprint density at radius 2 is 1.71 bits per heavy atom. The van der Waals surface area contributed by atoms with Crippen molar-refractivity contribution in [3.63, 3.8) is 0 Å². The van der Waals surface area contributed by atoms with Crippen molar-refractivity contribution < 1.29 is 13.2 Å². The van der Waals surface area contributed by atoms with Crippen LogP contribution < -0.4 is 5.32 Å². The van der Waals surface area contributed by atoms with Gasteiger partial charge in [-0.3, -0.25) is 0 Å². The molecule has 0 aromatic rings. The topological polar surface area (TPSA) is 12.0 Å². The van der Waals surface area contributed by atoms with E-state index in [1.807, 2.05) is 0 Å². The summed E-state index contributed by atoms with van der Waals surface area (Å²) in [6.45, 7) is 0. The van der Waals surface area contributed by atoms with E-state index in [-0.39, 0.29) is 18.8 Å². The molecule has 0 radical (unpaired) electrons. The van der Waals surface area contributed by atoms with Gasteiger partial charge in [-0.1, -0.05) is 5.92 Å². The molecule has 4 heteroatoms. The summed E-state index contributed by atoms with van der Waals surface area (Å²) in [6.07, 6.45) is -2.42. The number of hydrogen-bond acceptors (Lipinski definition) is 1. The Labute approximate surface area is 82.1 Å².